The maximum Gasteiger partial charge on any atom is 0.227 e. The number of piperazine rings is 1. The second-order valence-corrected chi connectivity index (χ2v) is 9.19. The molecule has 1 aliphatic heterocycles. The van der Waals surface area contributed by atoms with Crippen molar-refractivity contribution < 1.29 is 14.3 Å². The van der Waals surface area contributed by atoms with Crippen molar-refractivity contribution in [3.8, 4) is 11.5 Å². The number of carbonyl (C=O) groups is 1. The Labute approximate surface area is 187 Å². The lowest BCUT2D eigenvalue weighted by molar-refractivity contribution is -0.121. The molecule has 0 bridgehead atoms. The van der Waals surface area contributed by atoms with E-state index in [2.05, 4.69) is 25.3 Å². The molecule has 0 unspecified atom stereocenters. The van der Waals surface area contributed by atoms with Gasteiger partial charge in [-0.15, -0.1) is 10.2 Å². The quantitative estimate of drug-likeness (QED) is 0.669. The fourth-order valence-electron chi connectivity index (χ4n) is 4.27. The van der Waals surface area contributed by atoms with Crippen LogP contribution in [-0.2, 0) is 17.8 Å². The van der Waals surface area contributed by atoms with Crippen LogP contribution >= 0.6 is 11.3 Å². The zero-order valence-electron chi connectivity index (χ0n) is 18.3. The number of methoxy groups -OCH3 is 2. The number of hydrogen-bond acceptors (Lipinski definition) is 8. The number of nitrogens with zero attached hydrogens (tertiary/aromatic N) is 4. The summed E-state index contributed by atoms with van der Waals surface area (Å²) in [4.78, 5) is 16.9. The minimum absolute atomic E-state index is 0.0617. The van der Waals surface area contributed by atoms with Gasteiger partial charge in [0.2, 0.25) is 11.0 Å². The monoisotopic (exact) mass is 445 g/mol. The van der Waals surface area contributed by atoms with Gasteiger partial charge in [-0.3, -0.25) is 9.69 Å². The van der Waals surface area contributed by atoms with E-state index >= 15 is 0 Å². The van der Waals surface area contributed by atoms with Crippen LogP contribution in [0.4, 0.5) is 5.13 Å². The SMILES string of the molecule is COc1ccc(OC)c(CN2CCN(c3nnc(CC(=O)NC4CCCC4)s3)CC2)c1. The minimum atomic E-state index is 0.0617. The molecule has 1 aromatic heterocycles. The molecule has 168 valence electrons. The second-order valence-electron chi connectivity index (χ2n) is 8.15. The normalized spacial score (nSPS) is 17.7. The molecule has 0 radical (unpaired) electrons. The number of ether oxygens (including phenoxy) is 2. The molecule has 1 aliphatic carbocycles. The maximum absolute atomic E-state index is 12.3. The van der Waals surface area contributed by atoms with E-state index in [1.165, 1.54) is 24.2 Å². The molecule has 1 amide bonds. The minimum Gasteiger partial charge on any atom is -0.497 e. The summed E-state index contributed by atoms with van der Waals surface area (Å²) in [5.41, 5.74) is 1.13. The molecule has 4 rings (SSSR count). The molecule has 1 saturated heterocycles. The van der Waals surface area contributed by atoms with Gasteiger partial charge in [-0.05, 0) is 31.0 Å². The third-order valence-electron chi connectivity index (χ3n) is 6.01. The van der Waals surface area contributed by atoms with E-state index < -0.39 is 0 Å². The number of anilines is 1. The van der Waals surface area contributed by atoms with Crippen molar-refractivity contribution in [2.75, 3.05) is 45.3 Å². The number of amides is 1. The average molecular weight is 446 g/mol. The molecule has 1 aromatic carbocycles. The highest BCUT2D eigenvalue weighted by Gasteiger charge is 2.23. The molecule has 2 fully saturated rings. The molecule has 9 heteroatoms. The van der Waals surface area contributed by atoms with Crippen LogP contribution in [0.25, 0.3) is 0 Å². The average Bonchev–Trinajstić information content (AvgIpc) is 3.46. The van der Waals surface area contributed by atoms with Crippen molar-refractivity contribution in [3.05, 3.63) is 28.8 Å². The van der Waals surface area contributed by atoms with Crippen LogP contribution in [-0.4, -0.2) is 67.4 Å². The van der Waals surface area contributed by atoms with E-state index in [9.17, 15) is 4.79 Å². The summed E-state index contributed by atoms with van der Waals surface area (Å²) in [5.74, 6) is 1.78. The number of benzene rings is 1. The molecule has 0 spiro atoms. The van der Waals surface area contributed by atoms with E-state index in [4.69, 9.17) is 9.47 Å². The number of carbonyl (C=O) groups excluding carboxylic acids is 1. The van der Waals surface area contributed by atoms with Gasteiger partial charge in [-0.2, -0.15) is 0 Å². The predicted octanol–water partition coefficient (Wildman–Crippen LogP) is 2.48. The Balaban J connectivity index is 1.28. The van der Waals surface area contributed by atoms with Crippen LogP contribution in [0.15, 0.2) is 18.2 Å². The Kier molecular flexibility index (Phi) is 7.24. The zero-order valence-corrected chi connectivity index (χ0v) is 19.1. The molecule has 8 nitrogen and oxygen atoms in total. The van der Waals surface area contributed by atoms with Crippen molar-refractivity contribution in [2.24, 2.45) is 0 Å². The number of hydrogen-bond donors (Lipinski definition) is 1. The van der Waals surface area contributed by atoms with Gasteiger partial charge in [0.1, 0.15) is 16.5 Å². The highest BCUT2D eigenvalue weighted by atomic mass is 32.1. The number of aromatic nitrogens is 2. The molecular formula is C22H31N5O3S. The molecular weight excluding hydrogens is 414 g/mol. The Hall–Kier alpha value is -2.39. The van der Waals surface area contributed by atoms with E-state index in [1.807, 2.05) is 18.2 Å². The molecule has 2 aliphatic rings. The van der Waals surface area contributed by atoms with Gasteiger partial charge >= 0.3 is 0 Å². The largest absolute Gasteiger partial charge is 0.497 e. The third-order valence-corrected chi connectivity index (χ3v) is 7.00. The first-order valence-corrected chi connectivity index (χ1v) is 11.8. The third kappa shape index (κ3) is 5.65. The number of nitrogens with one attached hydrogen (secondary N) is 1. The summed E-state index contributed by atoms with van der Waals surface area (Å²) in [5, 5.41) is 13.4. The summed E-state index contributed by atoms with van der Waals surface area (Å²) >= 11 is 1.53. The fraction of sp³-hybridized carbons (Fsp3) is 0.591. The lowest BCUT2D eigenvalue weighted by Crippen LogP contribution is -2.46. The van der Waals surface area contributed by atoms with Crippen molar-refractivity contribution >= 4 is 22.4 Å². The van der Waals surface area contributed by atoms with Crippen LogP contribution in [0.5, 0.6) is 11.5 Å². The second kappa shape index (κ2) is 10.3. The van der Waals surface area contributed by atoms with Gasteiger partial charge in [0.25, 0.3) is 0 Å². The summed E-state index contributed by atoms with van der Waals surface area (Å²) < 4.78 is 10.9. The lowest BCUT2D eigenvalue weighted by Gasteiger charge is -2.34. The van der Waals surface area contributed by atoms with E-state index in [1.54, 1.807) is 14.2 Å². The Morgan fingerprint density at radius 3 is 2.61 bits per heavy atom. The summed E-state index contributed by atoms with van der Waals surface area (Å²) in [7, 11) is 3.38. The Bertz CT molecular complexity index is 876. The molecule has 2 aromatic rings. The lowest BCUT2D eigenvalue weighted by atomic mass is 10.1. The summed E-state index contributed by atoms with van der Waals surface area (Å²) in [6, 6.07) is 6.26. The molecule has 2 heterocycles. The summed E-state index contributed by atoms with van der Waals surface area (Å²) in [6.45, 7) is 4.44. The van der Waals surface area contributed by atoms with Crippen molar-refractivity contribution in [3.63, 3.8) is 0 Å². The van der Waals surface area contributed by atoms with Crippen molar-refractivity contribution in [1.29, 1.82) is 0 Å². The zero-order chi connectivity index (χ0) is 21.6. The smallest absolute Gasteiger partial charge is 0.227 e. The Morgan fingerprint density at radius 1 is 1.13 bits per heavy atom. The predicted molar refractivity (Wildman–Crippen MR) is 121 cm³/mol. The van der Waals surface area contributed by atoms with Gasteiger partial charge in [-0.25, -0.2) is 0 Å². The highest BCUT2D eigenvalue weighted by molar-refractivity contribution is 7.15. The highest BCUT2D eigenvalue weighted by Crippen LogP contribution is 2.27. The first kappa shape index (κ1) is 21.8. The molecule has 0 atom stereocenters. The fourth-order valence-corrected chi connectivity index (χ4v) is 5.16. The summed E-state index contributed by atoms with van der Waals surface area (Å²) in [6.07, 6.45) is 4.94. The first-order chi connectivity index (χ1) is 15.1. The molecule has 1 saturated carbocycles. The van der Waals surface area contributed by atoms with Crippen molar-refractivity contribution in [2.45, 2.75) is 44.7 Å². The maximum atomic E-state index is 12.3. The van der Waals surface area contributed by atoms with Crippen LogP contribution < -0.4 is 19.7 Å². The Morgan fingerprint density at radius 2 is 1.90 bits per heavy atom. The van der Waals surface area contributed by atoms with Gasteiger partial charge in [0.05, 0.1) is 20.6 Å². The van der Waals surface area contributed by atoms with Crippen LogP contribution in [0.3, 0.4) is 0 Å². The van der Waals surface area contributed by atoms with Crippen molar-refractivity contribution in [1.82, 2.24) is 20.4 Å². The van der Waals surface area contributed by atoms with Gasteiger partial charge < -0.3 is 19.7 Å². The van der Waals surface area contributed by atoms with E-state index in [-0.39, 0.29) is 5.91 Å². The van der Waals surface area contributed by atoms with Gasteiger partial charge in [0.15, 0.2) is 0 Å². The number of rotatable bonds is 8. The molecule has 1 N–H and O–H groups in total. The standard InChI is InChI=1S/C22H31N5O3S/c1-29-18-7-8-19(30-2)16(13-18)15-26-9-11-27(12-10-26)22-25-24-21(31-22)14-20(28)23-17-5-3-4-6-17/h7-8,13,17H,3-6,9-12,14-15H2,1-2H3,(H,23,28). The molecule has 31 heavy (non-hydrogen) atoms. The van der Waals surface area contributed by atoms with Crippen LogP contribution in [0.2, 0.25) is 0 Å². The van der Waals surface area contributed by atoms with Gasteiger partial charge in [-0.1, -0.05) is 24.2 Å². The van der Waals surface area contributed by atoms with E-state index in [0.717, 1.165) is 72.8 Å². The first-order valence-electron chi connectivity index (χ1n) is 10.9. The van der Waals surface area contributed by atoms with Gasteiger partial charge in [0, 0.05) is 44.3 Å². The van der Waals surface area contributed by atoms with Crippen LogP contribution in [0.1, 0.15) is 36.3 Å². The van der Waals surface area contributed by atoms with E-state index in [0.29, 0.717) is 12.5 Å². The van der Waals surface area contributed by atoms with Crippen LogP contribution in [0, 0.1) is 0 Å². The topological polar surface area (TPSA) is 79.8 Å².